The summed E-state index contributed by atoms with van der Waals surface area (Å²) in [5, 5.41) is 3.75. The van der Waals surface area contributed by atoms with Crippen molar-refractivity contribution < 1.29 is 0 Å². The van der Waals surface area contributed by atoms with Crippen LogP contribution in [0.3, 0.4) is 0 Å². The van der Waals surface area contributed by atoms with Crippen LogP contribution in [0.5, 0.6) is 0 Å². The molecule has 0 aromatic rings. The van der Waals surface area contributed by atoms with Gasteiger partial charge in [0.15, 0.2) is 0 Å². The third-order valence-electron chi connectivity index (χ3n) is 4.10. The van der Waals surface area contributed by atoms with Crippen molar-refractivity contribution >= 4 is 0 Å². The smallest absolute Gasteiger partial charge is 0.00708 e. The summed E-state index contributed by atoms with van der Waals surface area (Å²) in [6.45, 7) is 4.80. The summed E-state index contributed by atoms with van der Waals surface area (Å²) < 4.78 is 0. The van der Waals surface area contributed by atoms with Crippen molar-refractivity contribution in [1.29, 1.82) is 0 Å². The molecule has 0 spiro atoms. The average Bonchev–Trinajstić information content (AvgIpc) is 2.93. The topological polar surface area (TPSA) is 12.0 Å². The molecular formula is C12H23N. The van der Waals surface area contributed by atoms with E-state index in [4.69, 9.17) is 0 Å². The second-order valence-electron chi connectivity index (χ2n) is 5.38. The zero-order valence-electron chi connectivity index (χ0n) is 9.10. The summed E-state index contributed by atoms with van der Waals surface area (Å²) in [6, 6.07) is 1.75. The summed E-state index contributed by atoms with van der Waals surface area (Å²) in [6.07, 6.45) is 9.94. The lowest BCUT2D eigenvalue weighted by atomic mass is 9.72. The summed E-state index contributed by atoms with van der Waals surface area (Å²) in [5.41, 5.74) is 0.668. The van der Waals surface area contributed by atoms with E-state index >= 15 is 0 Å². The van der Waals surface area contributed by atoms with Gasteiger partial charge >= 0.3 is 0 Å². The van der Waals surface area contributed by atoms with Crippen LogP contribution in [-0.4, -0.2) is 12.1 Å². The molecular weight excluding hydrogens is 158 g/mol. The number of hydrogen-bond donors (Lipinski definition) is 1. The van der Waals surface area contributed by atoms with Gasteiger partial charge in [-0.05, 0) is 43.9 Å². The standard InChI is InChI=1S/C12H23N/c1-3-12(2)8-6-11(7-9-12)13-10-4-5-10/h10-11,13H,3-9H2,1-2H3. The van der Waals surface area contributed by atoms with Crippen molar-refractivity contribution in [1.82, 2.24) is 5.32 Å². The Morgan fingerprint density at radius 3 is 2.08 bits per heavy atom. The van der Waals surface area contributed by atoms with Crippen LogP contribution < -0.4 is 5.32 Å². The summed E-state index contributed by atoms with van der Waals surface area (Å²) in [5.74, 6) is 0. The van der Waals surface area contributed by atoms with Gasteiger partial charge in [-0.15, -0.1) is 0 Å². The molecule has 1 heteroatoms. The summed E-state index contributed by atoms with van der Waals surface area (Å²) in [7, 11) is 0. The van der Waals surface area contributed by atoms with Crippen LogP contribution >= 0.6 is 0 Å². The highest BCUT2D eigenvalue weighted by molar-refractivity contribution is 4.89. The summed E-state index contributed by atoms with van der Waals surface area (Å²) in [4.78, 5) is 0. The maximum atomic E-state index is 3.75. The minimum atomic E-state index is 0.668. The van der Waals surface area contributed by atoms with Gasteiger partial charge in [0.2, 0.25) is 0 Å². The Morgan fingerprint density at radius 1 is 1.08 bits per heavy atom. The van der Waals surface area contributed by atoms with Gasteiger partial charge < -0.3 is 5.32 Å². The van der Waals surface area contributed by atoms with E-state index in [9.17, 15) is 0 Å². The van der Waals surface area contributed by atoms with Gasteiger partial charge in [0.1, 0.15) is 0 Å². The monoisotopic (exact) mass is 181 g/mol. The van der Waals surface area contributed by atoms with Crippen LogP contribution in [0.1, 0.15) is 58.8 Å². The molecule has 0 unspecified atom stereocenters. The fourth-order valence-electron chi connectivity index (χ4n) is 2.42. The molecule has 0 bridgehead atoms. The van der Waals surface area contributed by atoms with Crippen LogP contribution in [0.25, 0.3) is 0 Å². The maximum absolute atomic E-state index is 3.75. The molecule has 13 heavy (non-hydrogen) atoms. The van der Waals surface area contributed by atoms with Gasteiger partial charge in [-0.1, -0.05) is 20.3 Å². The quantitative estimate of drug-likeness (QED) is 0.705. The van der Waals surface area contributed by atoms with E-state index in [0.717, 1.165) is 12.1 Å². The molecule has 76 valence electrons. The lowest BCUT2D eigenvalue weighted by Gasteiger charge is -2.37. The van der Waals surface area contributed by atoms with Crippen molar-refractivity contribution in [3.63, 3.8) is 0 Å². The highest BCUT2D eigenvalue weighted by Gasteiger charge is 2.32. The predicted molar refractivity (Wildman–Crippen MR) is 56.8 cm³/mol. The first-order valence-electron chi connectivity index (χ1n) is 5.98. The van der Waals surface area contributed by atoms with E-state index < -0.39 is 0 Å². The molecule has 2 fully saturated rings. The van der Waals surface area contributed by atoms with Gasteiger partial charge in [0, 0.05) is 12.1 Å². The van der Waals surface area contributed by atoms with Crippen molar-refractivity contribution in [2.24, 2.45) is 5.41 Å². The molecule has 2 rings (SSSR count). The molecule has 0 aromatic carbocycles. The van der Waals surface area contributed by atoms with E-state index in [1.165, 1.54) is 44.9 Å². The molecule has 2 aliphatic carbocycles. The van der Waals surface area contributed by atoms with Gasteiger partial charge in [0.25, 0.3) is 0 Å². The number of rotatable bonds is 3. The molecule has 0 radical (unpaired) electrons. The minimum Gasteiger partial charge on any atom is -0.311 e. The fourth-order valence-corrected chi connectivity index (χ4v) is 2.42. The summed E-state index contributed by atoms with van der Waals surface area (Å²) >= 11 is 0. The van der Waals surface area contributed by atoms with Crippen LogP contribution in [0, 0.1) is 5.41 Å². The lowest BCUT2D eigenvalue weighted by Crippen LogP contribution is -2.37. The van der Waals surface area contributed by atoms with Crippen molar-refractivity contribution in [3.05, 3.63) is 0 Å². The van der Waals surface area contributed by atoms with E-state index in [2.05, 4.69) is 19.2 Å². The van der Waals surface area contributed by atoms with Gasteiger partial charge in [-0.3, -0.25) is 0 Å². The third kappa shape index (κ3) is 2.46. The normalized spacial score (nSPS) is 40.6. The van der Waals surface area contributed by atoms with E-state index in [0.29, 0.717) is 5.41 Å². The molecule has 0 atom stereocenters. The van der Waals surface area contributed by atoms with E-state index in [-0.39, 0.29) is 0 Å². The second kappa shape index (κ2) is 3.61. The van der Waals surface area contributed by atoms with Crippen molar-refractivity contribution in [2.45, 2.75) is 70.9 Å². The fraction of sp³-hybridized carbons (Fsp3) is 1.00. The molecule has 0 heterocycles. The number of hydrogen-bond acceptors (Lipinski definition) is 1. The van der Waals surface area contributed by atoms with Gasteiger partial charge in [-0.25, -0.2) is 0 Å². The highest BCUT2D eigenvalue weighted by Crippen LogP contribution is 2.39. The molecule has 0 amide bonds. The van der Waals surface area contributed by atoms with Crippen molar-refractivity contribution in [2.75, 3.05) is 0 Å². The molecule has 1 nitrogen and oxygen atoms in total. The lowest BCUT2D eigenvalue weighted by molar-refractivity contribution is 0.177. The molecule has 2 saturated carbocycles. The number of nitrogens with one attached hydrogen (secondary N) is 1. The zero-order valence-corrected chi connectivity index (χ0v) is 9.10. The van der Waals surface area contributed by atoms with Gasteiger partial charge in [-0.2, -0.15) is 0 Å². The molecule has 0 aromatic heterocycles. The predicted octanol–water partition coefficient (Wildman–Crippen LogP) is 3.10. The Labute approximate surface area is 82.3 Å². The first kappa shape index (κ1) is 9.51. The second-order valence-corrected chi connectivity index (χ2v) is 5.38. The van der Waals surface area contributed by atoms with E-state index in [1.807, 2.05) is 0 Å². The Kier molecular flexibility index (Phi) is 2.64. The SMILES string of the molecule is CCC1(C)CCC(NC2CC2)CC1. The van der Waals surface area contributed by atoms with Crippen LogP contribution in [0.2, 0.25) is 0 Å². The first-order valence-corrected chi connectivity index (χ1v) is 5.98. The largest absolute Gasteiger partial charge is 0.311 e. The Balaban J connectivity index is 1.74. The molecule has 1 N–H and O–H groups in total. The molecule has 0 saturated heterocycles. The Morgan fingerprint density at radius 2 is 1.62 bits per heavy atom. The van der Waals surface area contributed by atoms with Crippen molar-refractivity contribution in [3.8, 4) is 0 Å². The van der Waals surface area contributed by atoms with Crippen LogP contribution in [0.4, 0.5) is 0 Å². The van der Waals surface area contributed by atoms with Crippen LogP contribution in [-0.2, 0) is 0 Å². The van der Waals surface area contributed by atoms with Gasteiger partial charge in [0.05, 0.1) is 0 Å². The highest BCUT2D eigenvalue weighted by atomic mass is 15.0. The maximum Gasteiger partial charge on any atom is 0.00708 e. The average molecular weight is 181 g/mol. The molecule has 0 aliphatic heterocycles. The first-order chi connectivity index (χ1) is 6.22. The zero-order chi connectivity index (χ0) is 9.31. The molecule has 2 aliphatic rings. The van der Waals surface area contributed by atoms with Crippen LogP contribution in [0.15, 0.2) is 0 Å². The van der Waals surface area contributed by atoms with E-state index in [1.54, 1.807) is 0 Å². The minimum absolute atomic E-state index is 0.668. The Hall–Kier alpha value is -0.0400. The Bertz CT molecular complexity index is 164. The third-order valence-corrected chi connectivity index (χ3v) is 4.10.